The number of thiophene rings is 1. The van der Waals surface area contributed by atoms with Crippen LogP contribution in [-0.2, 0) is 31.9 Å². The fourth-order valence-corrected chi connectivity index (χ4v) is 6.44. The van der Waals surface area contributed by atoms with Crippen LogP contribution in [0.1, 0.15) is 33.6 Å². The van der Waals surface area contributed by atoms with Gasteiger partial charge in [-0.25, -0.2) is 4.79 Å². The summed E-state index contributed by atoms with van der Waals surface area (Å²) in [4.78, 5) is 38.8. The molecule has 2 aromatic rings. The molecule has 2 fully saturated rings. The highest BCUT2D eigenvalue weighted by Crippen LogP contribution is 2.48. The van der Waals surface area contributed by atoms with Crippen molar-refractivity contribution in [1.82, 2.24) is 0 Å². The van der Waals surface area contributed by atoms with E-state index >= 15 is 0 Å². The summed E-state index contributed by atoms with van der Waals surface area (Å²) in [6.07, 6.45) is 1.96. The lowest BCUT2D eigenvalue weighted by Crippen LogP contribution is -2.41. The van der Waals surface area contributed by atoms with Crippen molar-refractivity contribution in [2.24, 2.45) is 11.8 Å². The summed E-state index contributed by atoms with van der Waals surface area (Å²) in [5.74, 6) is -2.92. The Morgan fingerprint density at radius 1 is 1.12 bits per heavy atom. The largest absolute Gasteiger partial charge is 0.497 e. The van der Waals surface area contributed by atoms with Crippen molar-refractivity contribution >= 4 is 34.2 Å². The molecule has 0 spiro atoms. The van der Waals surface area contributed by atoms with E-state index in [0.717, 1.165) is 40.2 Å². The zero-order chi connectivity index (χ0) is 22.6. The van der Waals surface area contributed by atoms with Crippen molar-refractivity contribution in [3.63, 3.8) is 0 Å². The molecule has 32 heavy (non-hydrogen) atoms. The molecule has 4 atom stereocenters. The maximum Gasteiger partial charge on any atom is 0.341 e. The van der Waals surface area contributed by atoms with Crippen LogP contribution in [0, 0.1) is 11.8 Å². The fraction of sp³-hybridized carbons (Fsp3) is 0.435. The number of methoxy groups -OCH3 is 2. The van der Waals surface area contributed by atoms with Crippen LogP contribution >= 0.6 is 11.3 Å². The number of carboxylic acid groups (broad SMARTS) is 1. The van der Waals surface area contributed by atoms with Crippen LogP contribution in [0.25, 0.3) is 11.1 Å². The van der Waals surface area contributed by atoms with Gasteiger partial charge in [-0.15, -0.1) is 11.3 Å². The van der Waals surface area contributed by atoms with Crippen molar-refractivity contribution in [2.75, 3.05) is 19.5 Å². The third-order valence-corrected chi connectivity index (χ3v) is 7.84. The topological polar surface area (TPSA) is 111 Å². The molecule has 1 aromatic heterocycles. The molecule has 5 rings (SSSR count). The average Bonchev–Trinajstić information content (AvgIpc) is 3.50. The van der Waals surface area contributed by atoms with Crippen molar-refractivity contribution in [3.05, 3.63) is 34.2 Å². The van der Waals surface area contributed by atoms with Gasteiger partial charge < -0.3 is 24.6 Å². The zero-order valence-corrected chi connectivity index (χ0v) is 18.5. The van der Waals surface area contributed by atoms with Crippen molar-refractivity contribution in [3.8, 4) is 16.9 Å². The van der Waals surface area contributed by atoms with Gasteiger partial charge in [0.25, 0.3) is 0 Å². The summed E-state index contributed by atoms with van der Waals surface area (Å²) in [5, 5.41) is 12.9. The van der Waals surface area contributed by atoms with Crippen LogP contribution in [-0.4, -0.2) is 49.4 Å². The molecular weight excluding hydrogens is 434 g/mol. The number of fused-ring (bicyclic) bond motifs is 5. The first-order chi connectivity index (χ1) is 15.4. The Bertz CT molecular complexity index is 1120. The van der Waals surface area contributed by atoms with Gasteiger partial charge in [0.2, 0.25) is 5.91 Å². The zero-order valence-electron chi connectivity index (χ0n) is 17.7. The maximum absolute atomic E-state index is 13.2. The number of hydrogen-bond acceptors (Lipinski definition) is 7. The Hall–Kier alpha value is -2.91. The van der Waals surface area contributed by atoms with Gasteiger partial charge in [-0.3, -0.25) is 9.59 Å². The monoisotopic (exact) mass is 457 g/mol. The lowest BCUT2D eigenvalue weighted by Gasteiger charge is -2.23. The van der Waals surface area contributed by atoms with Crippen LogP contribution in [0.15, 0.2) is 18.2 Å². The number of carbonyl (C=O) groups is 3. The van der Waals surface area contributed by atoms with Gasteiger partial charge in [0, 0.05) is 10.4 Å². The van der Waals surface area contributed by atoms with Crippen LogP contribution in [0.2, 0.25) is 0 Å². The van der Waals surface area contributed by atoms with Crippen LogP contribution in [0.5, 0.6) is 5.75 Å². The third-order valence-electron chi connectivity index (χ3n) is 6.67. The number of amides is 1. The van der Waals surface area contributed by atoms with Gasteiger partial charge in [0.15, 0.2) is 0 Å². The van der Waals surface area contributed by atoms with E-state index in [2.05, 4.69) is 5.32 Å². The van der Waals surface area contributed by atoms with E-state index in [1.54, 1.807) is 7.11 Å². The molecular formula is C23H23NO7S. The third kappa shape index (κ3) is 3.18. The number of carboxylic acids is 1. The number of esters is 1. The molecule has 9 heteroatoms. The van der Waals surface area contributed by atoms with E-state index in [-0.39, 0.29) is 0 Å². The van der Waals surface area contributed by atoms with Crippen LogP contribution in [0.4, 0.5) is 5.00 Å². The molecule has 2 saturated heterocycles. The first kappa shape index (κ1) is 21.0. The van der Waals surface area contributed by atoms with Gasteiger partial charge in [-0.2, -0.15) is 0 Å². The Morgan fingerprint density at radius 2 is 1.88 bits per heavy atom. The molecule has 2 N–H and O–H groups in total. The first-order valence-corrected chi connectivity index (χ1v) is 11.3. The average molecular weight is 458 g/mol. The van der Waals surface area contributed by atoms with E-state index < -0.39 is 41.9 Å². The molecule has 1 aromatic carbocycles. The molecule has 0 saturated carbocycles. The van der Waals surface area contributed by atoms with E-state index in [9.17, 15) is 19.5 Å². The van der Waals surface area contributed by atoms with Gasteiger partial charge in [-0.05, 0) is 48.9 Å². The van der Waals surface area contributed by atoms with Gasteiger partial charge in [0.05, 0.1) is 38.3 Å². The summed E-state index contributed by atoms with van der Waals surface area (Å²) in [7, 11) is 2.91. The Balaban J connectivity index is 1.53. The molecule has 3 heterocycles. The summed E-state index contributed by atoms with van der Waals surface area (Å²) in [6, 6.07) is 5.72. The minimum absolute atomic E-state index is 0.308. The van der Waals surface area contributed by atoms with Crippen molar-refractivity contribution < 1.29 is 33.7 Å². The van der Waals surface area contributed by atoms with Gasteiger partial charge in [-0.1, -0.05) is 6.07 Å². The number of nitrogens with one attached hydrogen (secondary N) is 1. The highest BCUT2D eigenvalue weighted by atomic mass is 32.1. The molecule has 1 amide bonds. The molecule has 4 unspecified atom stereocenters. The lowest BCUT2D eigenvalue weighted by atomic mass is 9.78. The minimum atomic E-state index is -1.03. The normalized spacial score (nSPS) is 25.1. The van der Waals surface area contributed by atoms with Crippen molar-refractivity contribution in [2.45, 2.75) is 37.9 Å². The number of benzene rings is 1. The van der Waals surface area contributed by atoms with Gasteiger partial charge in [0.1, 0.15) is 16.3 Å². The maximum atomic E-state index is 13.2. The number of rotatable bonds is 5. The quantitative estimate of drug-likeness (QED) is 0.664. The van der Waals surface area contributed by atoms with Gasteiger partial charge >= 0.3 is 11.9 Å². The summed E-state index contributed by atoms with van der Waals surface area (Å²) in [5.41, 5.74) is 3.05. The van der Waals surface area contributed by atoms with E-state index in [4.69, 9.17) is 14.2 Å². The predicted molar refractivity (Wildman–Crippen MR) is 116 cm³/mol. The number of anilines is 1. The molecule has 3 aliphatic rings. The predicted octanol–water partition coefficient (Wildman–Crippen LogP) is 3.13. The highest BCUT2D eigenvalue weighted by molar-refractivity contribution is 7.17. The van der Waals surface area contributed by atoms with E-state index in [0.29, 0.717) is 23.4 Å². The first-order valence-electron chi connectivity index (χ1n) is 10.5. The Kier molecular flexibility index (Phi) is 5.17. The Morgan fingerprint density at radius 3 is 2.56 bits per heavy atom. The lowest BCUT2D eigenvalue weighted by molar-refractivity contribution is -0.147. The molecule has 2 aliphatic heterocycles. The minimum Gasteiger partial charge on any atom is -0.497 e. The van der Waals surface area contributed by atoms with Crippen LogP contribution in [0.3, 0.4) is 0 Å². The molecule has 0 radical (unpaired) electrons. The summed E-state index contributed by atoms with van der Waals surface area (Å²) < 4.78 is 16.1. The fourth-order valence-electron chi connectivity index (χ4n) is 5.24. The SMILES string of the molecule is COC(=O)c1c(NC(=O)C2C3CCC(O3)C2C(=O)O)sc2c1-c1ccc(OC)cc1CC2. The number of carbonyl (C=O) groups excluding carboxylic acids is 2. The van der Waals surface area contributed by atoms with E-state index in [1.807, 2.05) is 18.2 Å². The molecule has 2 bridgehead atoms. The number of hydrogen-bond donors (Lipinski definition) is 2. The molecule has 1 aliphatic carbocycles. The summed E-state index contributed by atoms with van der Waals surface area (Å²) in [6.45, 7) is 0. The number of ether oxygens (including phenoxy) is 3. The molecule has 168 valence electrons. The number of aliphatic carboxylic acids is 1. The Labute approximate surface area is 188 Å². The van der Waals surface area contributed by atoms with Crippen molar-refractivity contribution in [1.29, 1.82) is 0 Å². The van der Waals surface area contributed by atoms with Crippen LogP contribution < -0.4 is 10.1 Å². The molecule has 8 nitrogen and oxygen atoms in total. The standard InChI is InChI=1S/C23H23NO7S/c1-29-11-4-5-12-10(9-11)3-8-15-16(12)19(23(28)30-2)21(32-15)24-20(25)17-13-6-7-14(31-13)18(17)22(26)27/h4-5,9,13-14,17-18H,3,6-8H2,1-2H3,(H,24,25)(H,26,27). The van der Waals surface area contributed by atoms with E-state index in [1.165, 1.54) is 18.4 Å². The second kappa shape index (κ2) is 7.90. The highest BCUT2D eigenvalue weighted by Gasteiger charge is 2.55. The second-order valence-corrected chi connectivity index (χ2v) is 9.39. The summed E-state index contributed by atoms with van der Waals surface area (Å²) >= 11 is 1.34. The smallest absolute Gasteiger partial charge is 0.341 e. The number of aryl methyl sites for hydroxylation is 2. The second-order valence-electron chi connectivity index (χ2n) is 8.29.